The first kappa shape index (κ1) is 20.9. The van der Waals surface area contributed by atoms with Crippen molar-refractivity contribution in [3.05, 3.63) is 83.4 Å². The first-order chi connectivity index (χ1) is 16.1. The Morgan fingerprint density at radius 2 is 1.64 bits per heavy atom. The standard InChI is InChI=1S/C26H23NO6/c28-25(29)22(11-9-16-10-12-23-24(13-16)33-15-32-23)27-26(30)31-14-21-19-7-3-1-5-17(19)18-6-2-4-8-20(18)21/h1-8,10,12-13,21-22H,9,11,14-15H2,(H,27,30)(H,28,29). The minimum atomic E-state index is -1.11. The third kappa shape index (κ3) is 4.22. The Morgan fingerprint density at radius 3 is 2.33 bits per heavy atom. The third-order valence-corrected chi connectivity index (χ3v) is 6.09. The fourth-order valence-electron chi connectivity index (χ4n) is 4.45. The molecule has 2 N–H and O–H groups in total. The second-order valence-electron chi connectivity index (χ2n) is 8.09. The molecule has 5 rings (SSSR count). The van der Waals surface area contributed by atoms with Gasteiger partial charge in [0, 0.05) is 5.92 Å². The maximum absolute atomic E-state index is 12.5. The largest absolute Gasteiger partial charge is 0.480 e. The van der Waals surface area contributed by atoms with Crippen LogP contribution in [0.15, 0.2) is 66.7 Å². The maximum Gasteiger partial charge on any atom is 0.407 e. The summed E-state index contributed by atoms with van der Waals surface area (Å²) in [6, 6.07) is 20.5. The third-order valence-electron chi connectivity index (χ3n) is 6.09. The first-order valence-electron chi connectivity index (χ1n) is 10.8. The summed E-state index contributed by atoms with van der Waals surface area (Å²) in [6.07, 6.45) is -0.0638. The Labute approximate surface area is 190 Å². The molecule has 0 aromatic heterocycles. The number of carboxylic acid groups (broad SMARTS) is 1. The molecular weight excluding hydrogens is 422 g/mol. The molecular formula is C26H23NO6. The number of hydrogen-bond acceptors (Lipinski definition) is 5. The summed E-state index contributed by atoms with van der Waals surface area (Å²) < 4.78 is 16.1. The van der Waals surface area contributed by atoms with Gasteiger partial charge in [0.2, 0.25) is 6.79 Å². The van der Waals surface area contributed by atoms with Crippen molar-refractivity contribution in [2.45, 2.75) is 24.8 Å². The average Bonchev–Trinajstić information content (AvgIpc) is 3.42. The van der Waals surface area contributed by atoms with Crippen molar-refractivity contribution >= 4 is 12.1 Å². The summed E-state index contributed by atoms with van der Waals surface area (Å²) in [5.74, 6) is 0.124. The van der Waals surface area contributed by atoms with E-state index in [2.05, 4.69) is 17.4 Å². The normalized spacial score (nSPS) is 14.3. The van der Waals surface area contributed by atoms with Gasteiger partial charge in [-0.05, 0) is 52.8 Å². The summed E-state index contributed by atoms with van der Waals surface area (Å²) in [4.78, 5) is 24.2. The van der Waals surface area contributed by atoms with Crippen LogP contribution in [-0.4, -0.2) is 36.6 Å². The molecule has 0 spiro atoms. The van der Waals surface area contributed by atoms with Crippen molar-refractivity contribution < 1.29 is 28.9 Å². The van der Waals surface area contributed by atoms with Crippen LogP contribution in [0.25, 0.3) is 11.1 Å². The number of ether oxygens (including phenoxy) is 3. The van der Waals surface area contributed by atoms with Gasteiger partial charge in [-0.2, -0.15) is 0 Å². The molecule has 0 fully saturated rings. The summed E-state index contributed by atoms with van der Waals surface area (Å²) in [5.41, 5.74) is 5.37. The second-order valence-corrected chi connectivity index (χ2v) is 8.09. The van der Waals surface area contributed by atoms with Crippen molar-refractivity contribution in [3.63, 3.8) is 0 Å². The van der Waals surface area contributed by atoms with Crippen molar-refractivity contribution in [2.75, 3.05) is 13.4 Å². The van der Waals surface area contributed by atoms with Gasteiger partial charge in [-0.1, -0.05) is 54.6 Å². The Kier molecular flexibility index (Phi) is 5.60. The van der Waals surface area contributed by atoms with Crippen LogP contribution >= 0.6 is 0 Å². The van der Waals surface area contributed by atoms with Crippen LogP contribution in [0, 0.1) is 0 Å². The van der Waals surface area contributed by atoms with E-state index in [0.717, 1.165) is 27.8 Å². The number of hydrogen-bond donors (Lipinski definition) is 2. The smallest absolute Gasteiger partial charge is 0.407 e. The van der Waals surface area contributed by atoms with Gasteiger partial charge in [0.05, 0.1) is 0 Å². The van der Waals surface area contributed by atoms with Crippen molar-refractivity contribution in [2.24, 2.45) is 0 Å². The van der Waals surface area contributed by atoms with Crippen molar-refractivity contribution in [1.82, 2.24) is 5.32 Å². The number of rotatable bonds is 7. The zero-order valence-corrected chi connectivity index (χ0v) is 17.8. The Hall–Kier alpha value is -4.00. The molecule has 1 aliphatic carbocycles. The summed E-state index contributed by atoms with van der Waals surface area (Å²) >= 11 is 0. The topological polar surface area (TPSA) is 94.1 Å². The zero-order chi connectivity index (χ0) is 22.8. The molecule has 33 heavy (non-hydrogen) atoms. The molecule has 1 aliphatic heterocycles. The van der Waals surface area contributed by atoms with E-state index in [1.165, 1.54) is 0 Å². The number of carbonyl (C=O) groups excluding carboxylic acids is 1. The molecule has 168 valence electrons. The van der Waals surface area contributed by atoms with Crippen LogP contribution in [0.5, 0.6) is 11.5 Å². The summed E-state index contributed by atoms with van der Waals surface area (Å²) in [6.45, 7) is 0.314. The molecule has 1 amide bonds. The molecule has 0 saturated carbocycles. The van der Waals surface area contributed by atoms with Gasteiger partial charge in [-0.3, -0.25) is 0 Å². The SMILES string of the molecule is O=C(NC(CCc1ccc2c(c1)OCO2)C(=O)O)OCC1c2ccccc2-c2ccccc21. The predicted molar refractivity (Wildman–Crippen MR) is 121 cm³/mol. The quantitative estimate of drug-likeness (QED) is 0.562. The number of carboxylic acids is 1. The number of aryl methyl sites for hydroxylation is 1. The lowest BCUT2D eigenvalue weighted by Gasteiger charge is -2.17. The van der Waals surface area contributed by atoms with E-state index in [9.17, 15) is 14.7 Å². The van der Waals surface area contributed by atoms with Crippen molar-refractivity contribution in [1.29, 1.82) is 0 Å². The molecule has 0 bridgehead atoms. The fraction of sp³-hybridized carbons (Fsp3) is 0.231. The lowest BCUT2D eigenvalue weighted by molar-refractivity contribution is -0.139. The maximum atomic E-state index is 12.5. The van der Waals surface area contributed by atoms with Gasteiger partial charge in [0.15, 0.2) is 11.5 Å². The second kappa shape index (κ2) is 8.86. The molecule has 2 aliphatic rings. The molecule has 3 aromatic rings. The molecule has 0 radical (unpaired) electrons. The number of nitrogens with one attached hydrogen (secondary N) is 1. The monoisotopic (exact) mass is 445 g/mol. The van der Waals surface area contributed by atoms with Crippen LogP contribution in [0.1, 0.15) is 29.0 Å². The van der Waals surface area contributed by atoms with E-state index in [1.54, 1.807) is 6.07 Å². The van der Waals surface area contributed by atoms with Gasteiger partial charge in [0.25, 0.3) is 0 Å². The highest BCUT2D eigenvalue weighted by Gasteiger charge is 2.29. The summed E-state index contributed by atoms with van der Waals surface area (Å²) in [5, 5.41) is 12.1. The minimum Gasteiger partial charge on any atom is -0.480 e. The van der Waals surface area contributed by atoms with E-state index < -0.39 is 18.1 Å². The van der Waals surface area contributed by atoms with Gasteiger partial charge in [-0.15, -0.1) is 0 Å². The highest BCUT2D eigenvalue weighted by atomic mass is 16.7. The number of carbonyl (C=O) groups is 2. The van der Waals surface area contributed by atoms with E-state index in [4.69, 9.17) is 14.2 Å². The van der Waals surface area contributed by atoms with Crippen molar-refractivity contribution in [3.8, 4) is 22.6 Å². The van der Waals surface area contributed by atoms with Gasteiger partial charge in [0.1, 0.15) is 12.6 Å². The van der Waals surface area contributed by atoms with Gasteiger partial charge < -0.3 is 24.6 Å². The van der Waals surface area contributed by atoms with E-state index in [1.807, 2.05) is 48.5 Å². The number of aliphatic carboxylic acids is 1. The van der Waals surface area contributed by atoms with Gasteiger partial charge in [-0.25, -0.2) is 9.59 Å². The lowest BCUT2D eigenvalue weighted by Crippen LogP contribution is -2.41. The lowest BCUT2D eigenvalue weighted by atomic mass is 9.98. The molecule has 7 nitrogen and oxygen atoms in total. The molecule has 7 heteroatoms. The van der Waals surface area contributed by atoms with E-state index in [0.29, 0.717) is 17.9 Å². The van der Waals surface area contributed by atoms with Crippen LogP contribution < -0.4 is 14.8 Å². The number of alkyl carbamates (subject to hydrolysis) is 1. The van der Waals surface area contributed by atoms with Crippen LogP contribution in [0.4, 0.5) is 4.79 Å². The zero-order valence-electron chi connectivity index (χ0n) is 17.8. The number of fused-ring (bicyclic) bond motifs is 4. The summed E-state index contributed by atoms with van der Waals surface area (Å²) in [7, 11) is 0. The molecule has 3 aromatic carbocycles. The van der Waals surface area contributed by atoms with Gasteiger partial charge >= 0.3 is 12.1 Å². The van der Waals surface area contributed by atoms with E-state index >= 15 is 0 Å². The highest BCUT2D eigenvalue weighted by molar-refractivity contribution is 5.81. The Bertz CT molecular complexity index is 1160. The van der Waals surface area contributed by atoms with E-state index in [-0.39, 0.29) is 25.7 Å². The highest BCUT2D eigenvalue weighted by Crippen LogP contribution is 2.44. The minimum absolute atomic E-state index is 0.0833. The number of benzene rings is 3. The van der Waals surface area contributed by atoms with Crippen LogP contribution in [-0.2, 0) is 16.0 Å². The first-order valence-corrected chi connectivity index (χ1v) is 10.8. The predicted octanol–water partition coefficient (Wildman–Crippen LogP) is 4.34. The molecule has 1 unspecified atom stereocenters. The molecule has 1 atom stereocenters. The Balaban J connectivity index is 1.20. The van der Waals surface area contributed by atoms with Crippen LogP contribution in [0.2, 0.25) is 0 Å². The number of amides is 1. The van der Waals surface area contributed by atoms with Crippen LogP contribution in [0.3, 0.4) is 0 Å². The Morgan fingerprint density at radius 1 is 0.970 bits per heavy atom. The average molecular weight is 445 g/mol. The molecule has 1 heterocycles. The molecule has 0 saturated heterocycles. The fourth-order valence-corrected chi connectivity index (χ4v) is 4.45.